The Morgan fingerprint density at radius 2 is 1.84 bits per heavy atom. The van der Waals surface area contributed by atoms with Crippen LogP contribution in [0.4, 0.5) is 13.2 Å². The maximum Gasteiger partial charge on any atom is 0.398 e. The second-order valence-corrected chi connectivity index (χ2v) is 5.91. The van der Waals surface area contributed by atoms with E-state index in [-0.39, 0.29) is 35.1 Å². The number of benzene rings is 1. The highest BCUT2D eigenvalue weighted by molar-refractivity contribution is 6.33. The Bertz CT molecular complexity index is 516. The van der Waals surface area contributed by atoms with Gasteiger partial charge in [0.2, 0.25) is 0 Å². The Morgan fingerprint density at radius 1 is 1.32 bits per heavy atom. The molecule has 0 bridgehead atoms. The molecule has 0 atom stereocenters. The van der Waals surface area contributed by atoms with Gasteiger partial charge < -0.3 is 5.11 Å². The molecule has 19 heavy (non-hydrogen) atoms. The zero-order valence-electron chi connectivity index (χ0n) is 11.0. The van der Waals surface area contributed by atoms with Crippen LogP contribution < -0.4 is 0 Å². The molecule has 2 rings (SSSR count). The predicted octanol–water partition coefficient (Wildman–Crippen LogP) is 5.07. The highest BCUT2D eigenvalue weighted by Crippen LogP contribution is 2.61. The zero-order valence-corrected chi connectivity index (χ0v) is 11.8. The molecule has 0 aliphatic heterocycles. The number of hydrogen-bond donors (Lipinski definition) is 1. The summed E-state index contributed by atoms with van der Waals surface area (Å²) < 4.78 is 39.7. The summed E-state index contributed by atoms with van der Waals surface area (Å²) in [6.07, 6.45) is -4.09. The summed E-state index contributed by atoms with van der Waals surface area (Å²) in [4.78, 5) is 0. The second kappa shape index (κ2) is 4.30. The molecular weight excluding hydrogens is 277 g/mol. The molecule has 0 heterocycles. The molecule has 0 amide bonds. The van der Waals surface area contributed by atoms with Crippen molar-refractivity contribution >= 4 is 11.6 Å². The van der Waals surface area contributed by atoms with E-state index >= 15 is 0 Å². The van der Waals surface area contributed by atoms with Crippen molar-refractivity contribution in [3.05, 3.63) is 27.8 Å². The van der Waals surface area contributed by atoms with E-state index in [9.17, 15) is 18.3 Å². The standard InChI is InChI=1S/C14H16ClF3O/c1-7(2)9-6-10(8(3)11(15)12(9)19)13(4-5-13)14(16,17)18/h6-7,19H,4-5H2,1-3H3. The van der Waals surface area contributed by atoms with Crippen LogP contribution in [0.3, 0.4) is 0 Å². The van der Waals surface area contributed by atoms with Crippen LogP contribution in [0.5, 0.6) is 5.75 Å². The number of phenols is 1. The average molecular weight is 293 g/mol. The van der Waals surface area contributed by atoms with E-state index in [0.29, 0.717) is 11.1 Å². The predicted molar refractivity (Wildman–Crippen MR) is 68.9 cm³/mol. The van der Waals surface area contributed by atoms with Gasteiger partial charge in [0, 0.05) is 0 Å². The molecule has 5 heteroatoms. The smallest absolute Gasteiger partial charge is 0.398 e. The fourth-order valence-electron chi connectivity index (χ4n) is 2.52. The maximum atomic E-state index is 13.2. The van der Waals surface area contributed by atoms with Crippen molar-refractivity contribution < 1.29 is 18.3 Å². The zero-order chi connectivity index (χ0) is 14.6. The lowest BCUT2D eigenvalue weighted by molar-refractivity contribution is -0.160. The monoisotopic (exact) mass is 292 g/mol. The number of halogens is 4. The van der Waals surface area contributed by atoms with E-state index < -0.39 is 11.6 Å². The molecule has 0 spiro atoms. The molecule has 0 radical (unpaired) electrons. The number of aromatic hydroxyl groups is 1. The van der Waals surface area contributed by atoms with Crippen molar-refractivity contribution in [3.8, 4) is 5.75 Å². The van der Waals surface area contributed by atoms with Gasteiger partial charge in [-0.05, 0) is 42.4 Å². The summed E-state index contributed by atoms with van der Waals surface area (Å²) in [5.41, 5.74) is -0.746. The molecule has 1 aromatic rings. The first-order valence-electron chi connectivity index (χ1n) is 6.21. The summed E-state index contributed by atoms with van der Waals surface area (Å²) in [5, 5.41) is 9.99. The van der Waals surface area contributed by atoms with Gasteiger partial charge in [-0.3, -0.25) is 0 Å². The molecule has 1 saturated carbocycles. The summed E-state index contributed by atoms with van der Waals surface area (Å²) in [7, 11) is 0. The van der Waals surface area contributed by atoms with Crippen LogP contribution in [0.1, 0.15) is 49.3 Å². The van der Waals surface area contributed by atoms with Crippen molar-refractivity contribution in [1.29, 1.82) is 0 Å². The van der Waals surface area contributed by atoms with E-state index in [1.54, 1.807) is 0 Å². The molecule has 106 valence electrons. The third-order valence-corrected chi connectivity index (χ3v) is 4.41. The van der Waals surface area contributed by atoms with E-state index in [1.807, 2.05) is 13.8 Å². The molecule has 1 nitrogen and oxygen atoms in total. The van der Waals surface area contributed by atoms with Crippen molar-refractivity contribution in [2.24, 2.45) is 0 Å². The Hall–Kier alpha value is -0.900. The molecule has 1 aliphatic carbocycles. The van der Waals surface area contributed by atoms with Gasteiger partial charge in [0.15, 0.2) is 0 Å². The SMILES string of the molecule is Cc1c(C2(C(F)(F)F)CC2)cc(C(C)C)c(O)c1Cl. The highest BCUT2D eigenvalue weighted by atomic mass is 35.5. The van der Waals surface area contributed by atoms with Crippen LogP contribution in [0, 0.1) is 6.92 Å². The number of phenolic OH excluding ortho intramolecular Hbond substituents is 1. The second-order valence-electron chi connectivity index (χ2n) is 5.54. The van der Waals surface area contributed by atoms with E-state index in [2.05, 4.69) is 0 Å². The largest absolute Gasteiger partial charge is 0.506 e. The average Bonchev–Trinajstić information content (AvgIpc) is 3.06. The molecule has 1 fully saturated rings. The minimum Gasteiger partial charge on any atom is -0.506 e. The van der Waals surface area contributed by atoms with Crippen molar-refractivity contribution in [1.82, 2.24) is 0 Å². The van der Waals surface area contributed by atoms with Crippen molar-refractivity contribution in [2.45, 2.75) is 51.1 Å². The quantitative estimate of drug-likeness (QED) is 0.806. The maximum absolute atomic E-state index is 13.2. The Balaban J connectivity index is 2.66. The van der Waals surface area contributed by atoms with E-state index in [0.717, 1.165) is 0 Å². The Kier molecular flexibility index (Phi) is 3.28. The van der Waals surface area contributed by atoms with Crippen LogP contribution in [-0.4, -0.2) is 11.3 Å². The molecule has 1 N–H and O–H groups in total. The first-order chi connectivity index (χ1) is 8.62. The number of rotatable bonds is 2. The van der Waals surface area contributed by atoms with Crippen LogP contribution in [0.15, 0.2) is 6.07 Å². The lowest BCUT2D eigenvalue weighted by Crippen LogP contribution is -2.29. The summed E-state index contributed by atoms with van der Waals surface area (Å²) in [5.74, 6) is -0.184. The van der Waals surface area contributed by atoms with Gasteiger partial charge in [0.05, 0.1) is 10.4 Å². The molecule has 1 aliphatic rings. The number of alkyl halides is 3. The van der Waals surface area contributed by atoms with Crippen molar-refractivity contribution in [3.63, 3.8) is 0 Å². The lowest BCUT2D eigenvalue weighted by atomic mass is 9.87. The number of hydrogen-bond acceptors (Lipinski definition) is 1. The summed E-state index contributed by atoms with van der Waals surface area (Å²) in [6, 6.07) is 1.47. The summed E-state index contributed by atoms with van der Waals surface area (Å²) in [6.45, 7) is 5.17. The lowest BCUT2D eigenvalue weighted by Gasteiger charge is -2.24. The van der Waals surface area contributed by atoms with Gasteiger partial charge in [-0.25, -0.2) is 0 Å². The van der Waals surface area contributed by atoms with Gasteiger partial charge in [-0.1, -0.05) is 31.5 Å². The molecule has 1 aromatic carbocycles. The van der Waals surface area contributed by atoms with Crippen LogP contribution in [-0.2, 0) is 5.41 Å². The first kappa shape index (κ1) is 14.5. The van der Waals surface area contributed by atoms with Gasteiger partial charge in [-0.2, -0.15) is 13.2 Å². The minimum atomic E-state index is -4.27. The van der Waals surface area contributed by atoms with E-state index in [1.165, 1.54) is 13.0 Å². The third kappa shape index (κ3) is 2.10. The first-order valence-corrected chi connectivity index (χ1v) is 6.59. The van der Waals surface area contributed by atoms with Gasteiger partial charge in [-0.15, -0.1) is 0 Å². The van der Waals surface area contributed by atoms with Crippen LogP contribution in [0.2, 0.25) is 5.02 Å². The normalized spacial score (nSPS) is 17.9. The van der Waals surface area contributed by atoms with Gasteiger partial charge in [0.1, 0.15) is 5.75 Å². The third-order valence-electron chi connectivity index (χ3n) is 3.94. The fourth-order valence-corrected chi connectivity index (χ4v) is 2.73. The van der Waals surface area contributed by atoms with Crippen LogP contribution >= 0.6 is 11.6 Å². The van der Waals surface area contributed by atoms with Gasteiger partial charge in [0.25, 0.3) is 0 Å². The Morgan fingerprint density at radius 3 is 2.21 bits per heavy atom. The topological polar surface area (TPSA) is 20.2 Å². The highest BCUT2D eigenvalue weighted by Gasteiger charge is 2.64. The summed E-state index contributed by atoms with van der Waals surface area (Å²) >= 11 is 6.00. The molecular formula is C14H16ClF3O. The van der Waals surface area contributed by atoms with Crippen LogP contribution in [0.25, 0.3) is 0 Å². The fraction of sp³-hybridized carbons (Fsp3) is 0.571. The molecule has 0 aromatic heterocycles. The van der Waals surface area contributed by atoms with Crippen molar-refractivity contribution in [2.75, 3.05) is 0 Å². The van der Waals surface area contributed by atoms with E-state index in [4.69, 9.17) is 11.6 Å². The molecule has 0 saturated heterocycles. The molecule has 0 unspecified atom stereocenters. The Labute approximate surface area is 115 Å². The minimum absolute atomic E-state index is 0.0386. The van der Waals surface area contributed by atoms with Gasteiger partial charge >= 0.3 is 6.18 Å².